The zero-order valence-electron chi connectivity index (χ0n) is 21.9. The van der Waals surface area contributed by atoms with E-state index in [9.17, 15) is 14.0 Å². The fraction of sp³-hybridized carbons (Fsp3) is 0.500. The lowest BCUT2D eigenvalue weighted by Crippen LogP contribution is -2.50. The third-order valence-electron chi connectivity index (χ3n) is 7.48. The topological polar surface area (TPSA) is 109 Å². The first kappa shape index (κ1) is 26.1. The molecule has 0 spiro atoms. The molecule has 3 N–H and O–H groups in total. The van der Waals surface area contributed by atoms with E-state index in [1.165, 1.54) is 6.33 Å². The van der Waals surface area contributed by atoms with Gasteiger partial charge in [-0.25, -0.2) is 18.7 Å². The Balaban J connectivity index is 1.42. The van der Waals surface area contributed by atoms with Crippen LogP contribution >= 0.6 is 0 Å². The van der Waals surface area contributed by atoms with Crippen molar-refractivity contribution in [3.8, 4) is 17.0 Å². The predicted octanol–water partition coefficient (Wildman–Crippen LogP) is 4.68. The van der Waals surface area contributed by atoms with Crippen LogP contribution in [0.25, 0.3) is 22.3 Å². The summed E-state index contributed by atoms with van der Waals surface area (Å²) in [7, 11) is 0. The van der Waals surface area contributed by atoms with Crippen LogP contribution in [0.4, 0.5) is 8.78 Å². The van der Waals surface area contributed by atoms with Crippen molar-refractivity contribution in [1.29, 1.82) is 0 Å². The van der Waals surface area contributed by atoms with Crippen LogP contribution in [0.15, 0.2) is 18.5 Å². The normalized spacial score (nSPS) is 21.3. The maximum Gasteiger partial charge on any atom is 0.255 e. The van der Waals surface area contributed by atoms with E-state index in [0.29, 0.717) is 65.5 Å². The smallest absolute Gasteiger partial charge is 0.255 e. The highest BCUT2D eigenvalue weighted by Gasteiger charge is 2.34. The number of alkyl halides is 1. The van der Waals surface area contributed by atoms with E-state index >= 15 is 4.39 Å². The Bertz CT molecular complexity index is 1370. The molecule has 0 bridgehead atoms. The third-order valence-corrected chi connectivity index (χ3v) is 7.48. The van der Waals surface area contributed by atoms with Crippen molar-refractivity contribution in [2.24, 2.45) is 5.92 Å². The molecule has 5 rings (SSSR count). The summed E-state index contributed by atoms with van der Waals surface area (Å²) >= 11 is 0. The maximum absolute atomic E-state index is 15.5. The van der Waals surface area contributed by atoms with E-state index in [1.807, 2.05) is 0 Å². The summed E-state index contributed by atoms with van der Waals surface area (Å²) in [5.74, 6) is -0.134. The molecule has 3 aromatic rings. The first-order chi connectivity index (χ1) is 18.3. The Morgan fingerprint density at radius 3 is 2.63 bits per heavy atom. The number of halogens is 2. The number of H-pyrrole nitrogens is 1. The van der Waals surface area contributed by atoms with Crippen LogP contribution in [0.5, 0.6) is 5.75 Å². The van der Waals surface area contributed by atoms with Crippen molar-refractivity contribution in [2.75, 3.05) is 6.61 Å². The highest BCUT2D eigenvalue weighted by atomic mass is 19.1. The van der Waals surface area contributed by atoms with Crippen molar-refractivity contribution in [3.05, 3.63) is 41.1 Å². The molecule has 2 saturated carbocycles. The van der Waals surface area contributed by atoms with Crippen molar-refractivity contribution in [2.45, 2.75) is 77.6 Å². The third kappa shape index (κ3) is 5.21. The maximum atomic E-state index is 15.5. The van der Waals surface area contributed by atoms with Crippen LogP contribution in [-0.4, -0.2) is 51.6 Å². The Morgan fingerprint density at radius 2 is 1.92 bits per heavy atom. The highest BCUT2D eigenvalue weighted by molar-refractivity contribution is 6.09. The molecule has 2 aliphatic carbocycles. The minimum absolute atomic E-state index is 0.110. The molecule has 10 heteroatoms. The van der Waals surface area contributed by atoms with Crippen molar-refractivity contribution in [1.82, 2.24) is 25.6 Å². The second-order valence-corrected chi connectivity index (χ2v) is 10.4. The summed E-state index contributed by atoms with van der Waals surface area (Å²) in [5, 5.41) is 5.65. The summed E-state index contributed by atoms with van der Waals surface area (Å²) in [6.07, 6.45) is 3.68. The number of nitrogens with one attached hydrogen (secondary N) is 3. The van der Waals surface area contributed by atoms with Gasteiger partial charge in [0.15, 0.2) is 0 Å². The average Bonchev–Trinajstić information content (AvgIpc) is 3.66. The molecule has 0 aliphatic heterocycles. The van der Waals surface area contributed by atoms with Crippen LogP contribution in [0.1, 0.15) is 67.1 Å². The van der Waals surface area contributed by atoms with E-state index in [1.54, 1.807) is 32.9 Å². The molecule has 2 amide bonds. The number of nitrogens with zero attached hydrogens (tertiary/aromatic N) is 2. The molecule has 8 nitrogen and oxygen atoms in total. The van der Waals surface area contributed by atoms with E-state index < -0.39 is 23.9 Å². The Labute approximate surface area is 220 Å². The van der Waals surface area contributed by atoms with E-state index in [0.717, 1.165) is 12.8 Å². The molecule has 2 aromatic heterocycles. The summed E-state index contributed by atoms with van der Waals surface area (Å²) < 4.78 is 36.4. The summed E-state index contributed by atoms with van der Waals surface area (Å²) in [4.78, 5) is 36.9. The van der Waals surface area contributed by atoms with Gasteiger partial charge < -0.3 is 20.4 Å². The molecule has 3 atom stereocenters. The second-order valence-electron chi connectivity index (χ2n) is 10.4. The van der Waals surface area contributed by atoms with Gasteiger partial charge in [0, 0.05) is 24.6 Å². The average molecular weight is 526 g/mol. The molecule has 2 heterocycles. The van der Waals surface area contributed by atoms with Gasteiger partial charge in [0.05, 0.1) is 29.3 Å². The van der Waals surface area contributed by atoms with Crippen LogP contribution in [0.3, 0.4) is 0 Å². The number of aromatic nitrogens is 3. The van der Waals surface area contributed by atoms with Crippen molar-refractivity contribution in [3.63, 3.8) is 0 Å². The highest BCUT2D eigenvalue weighted by Crippen LogP contribution is 2.39. The van der Waals surface area contributed by atoms with Gasteiger partial charge in [-0.1, -0.05) is 13.0 Å². The minimum atomic E-state index is -1.29. The Morgan fingerprint density at radius 1 is 1.13 bits per heavy atom. The molecule has 0 unspecified atom stereocenters. The van der Waals surface area contributed by atoms with Crippen LogP contribution < -0.4 is 15.4 Å². The van der Waals surface area contributed by atoms with Gasteiger partial charge in [-0.15, -0.1) is 0 Å². The molecular weight excluding hydrogens is 492 g/mol. The number of aryl methyl sites for hydroxylation is 2. The predicted molar refractivity (Wildman–Crippen MR) is 139 cm³/mol. The fourth-order valence-corrected chi connectivity index (χ4v) is 5.06. The standard InChI is InChI=1S/C28H33F2N5O3/c1-4-21(36)34-17-8-9-19(18(29)11-17)35-28(37)22-15(3)33-27-25(22)31-13-32-26(27)23-20(38-12-16-6-7-16)10-5-14(2)24(23)30/h5,10,13,16-19,33H,4,6-9,11-12H2,1-3H3,(H,34,36)(H,35,37)/t17-,18+,19-/m0/s1. The largest absolute Gasteiger partial charge is 0.492 e. The molecule has 0 saturated heterocycles. The number of hydrogen-bond acceptors (Lipinski definition) is 5. The number of fused-ring (bicyclic) bond motifs is 1. The Hall–Kier alpha value is -3.56. The number of ether oxygens (including phenoxy) is 1. The van der Waals surface area contributed by atoms with Crippen LogP contribution in [0, 0.1) is 25.6 Å². The molecule has 1 aromatic carbocycles. The molecule has 0 radical (unpaired) electrons. The van der Waals surface area contributed by atoms with E-state index in [-0.39, 0.29) is 29.5 Å². The Kier molecular flexibility index (Phi) is 7.32. The van der Waals surface area contributed by atoms with Gasteiger partial charge >= 0.3 is 0 Å². The first-order valence-electron chi connectivity index (χ1n) is 13.3. The van der Waals surface area contributed by atoms with Crippen LogP contribution in [0.2, 0.25) is 0 Å². The number of hydrogen-bond donors (Lipinski definition) is 3. The van der Waals surface area contributed by atoms with E-state index in [2.05, 4.69) is 25.6 Å². The van der Waals surface area contributed by atoms with Gasteiger partial charge in [-0.2, -0.15) is 0 Å². The number of carbonyl (C=O) groups is 2. The first-order valence-corrected chi connectivity index (χ1v) is 13.3. The number of benzene rings is 1. The van der Waals surface area contributed by atoms with Gasteiger partial charge in [0.25, 0.3) is 5.91 Å². The molecule has 38 heavy (non-hydrogen) atoms. The van der Waals surface area contributed by atoms with Crippen molar-refractivity contribution < 1.29 is 23.1 Å². The molecular formula is C28H33F2N5O3. The molecule has 2 fully saturated rings. The summed E-state index contributed by atoms with van der Waals surface area (Å²) in [6, 6.07) is 2.50. The zero-order chi connectivity index (χ0) is 27.0. The van der Waals surface area contributed by atoms with Gasteiger partial charge in [-0.3, -0.25) is 9.59 Å². The lowest BCUT2D eigenvalue weighted by Gasteiger charge is -2.32. The van der Waals surface area contributed by atoms with E-state index in [4.69, 9.17) is 4.74 Å². The summed E-state index contributed by atoms with van der Waals surface area (Å²) in [5.41, 5.74) is 2.52. The fourth-order valence-electron chi connectivity index (χ4n) is 5.06. The van der Waals surface area contributed by atoms with Gasteiger partial charge in [0.1, 0.15) is 35.3 Å². The number of carbonyl (C=O) groups excluding carboxylic acids is 2. The van der Waals surface area contributed by atoms with Crippen LogP contribution in [-0.2, 0) is 4.79 Å². The number of aromatic amines is 1. The SMILES string of the molecule is CCC(=O)N[C@H]1CC[C@H](NC(=O)c2c(C)[nH]c3c(-c4c(OCC5CC5)ccc(C)c4F)ncnc23)[C@H](F)C1. The van der Waals surface area contributed by atoms with Gasteiger partial charge in [-0.05, 0) is 57.1 Å². The lowest BCUT2D eigenvalue weighted by atomic mass is 9.89. The molecule has 2 aliphatic rings. The lowest BCUT2D eigenvalue weighted by molar-refractivity contribution is -0.121. The minimum Gasteiger partial charge on any atom is -0.492 e. The molecule has 202 valence electrons. The van der Waals surface area contributed by atoms with Gasteiger partial charge in [0.2, 0.25) is 5.91 Å². The zero-order valence-corrected chi connectivity index (χ0v) is 21.9. The number of rotatable bonds is 8. The quantitative estimate of drug-likeness (QED) is 0.396. The number of amides is 2. The summed E-state index contributed by atoms with van der Waals surface area (Å²) in [6.45, 7) is 5.66. The monoisotopic (exact) mass is 525 g/mol. The van der Waals surface area contributed by atoms with Crippen molar-refractivity contribution >= 4 is 22.8 Å². The second kappa shape index (κ2) is 10.7.